The summed E-state index contributed by atoms with van der Waals surface area (Å²) in [6.45, 7) is 0. The maximum absolute atomic E-state index is 12.8. The van der Waals surface area contributed by atoms with Crippen LogP contribution in [0.2, 0.25) is 0 Å². The fraction of sp³-hybridized carbons (Fsp3) is 0.120. The van der Waals surface area contributed by atoms with E-state index in [1.165, 1.54) is 13.4 Å². The average molecular weight is 445 g/mol. The van der Waals surface area contributed by atoms with Crippen molar-refractivity contribution in [3.63, 3.8) is 0 Å². The van der Waals surface area contributed by atoms with Gasteiger partial charge in [-0.25, -0.2) is 9.79 Å². The fourth-order valence-corrected chi connectivity index (χ4v) is 3.68. The summed E-state index contributed by atoms with van der Waals surface area (Å²) in [5, 5.41) is 0. The zero-order valence-electron chi connectivity index (χ0n) is 18.1. The SMILES string of the molecule is COc1cc(C2=CC(=C3N=C(c4ccco4)OC3=O)c3ccccc3O2)cc(OC)c1OC. The molecule has 8 nitrogen and oxygen atoms in total. The lowest BCUT2D eigenvalue weighted by Crippen LogP contribution is -2.08. The number of fused-ring (bicyclic) bond motifs is 1. The predicted molar refractivity (Wildman–Crippen MR) is 119 cm³/mol. The number of nitrogens with zero attached hydrogens (tertiary/aromatic N) is 1. The number of rotatable bonds is 5. The molecule has 0 saturated carbocycles. The molecule has 0 aliphatic carbocycles. The number of aliphatic imine (C=N–C) groups is 1. The van der Waals surface area contributed by atoms with E-state index in [-0.39, 0.29) is 11.6 Å². The van der Waals surface area contributed by atoms with Crippen molar-refractivity contribution in [2.45, 2.75) is 0 Å². The second-order valence-corrected chi connectivity index (χ2v) is 7.07. The van der Waals surface area contributed by atoms with E-state index in [0.717, 1.165) is 0 Å². The van der Waals surface area contributed by atoms with Gasteiger partial charge in [0, 0.05) is 16.7 Å². The molecule has 0 spiro atoms. The quantitative estimate of drug-likeness (QED) is 0.423. The third-order valence-corrected chi connectivity index (χ3v) is 5.20. The van der Waals surface area contributed by atoms with Crippen molar-refractivity contribution >= 4 is 23.2 Å². The Morgan fingerprint density at radius 3 is 2.30 bits per heavy atom. The van der Waals surface area contributed by atoms with Crippen LogP contribution >= 0.6 is 0 Å². The van der Waals surface area contributed by atoms with Gasteiger partial charge in [-0.05, 0) is 36.4 Å². The van der Waals surface area contributed by atoms with Crippen LogP contribution in [0.5, 0.6) is 23.0 Å². The number of ether oxygens (including phenoxy) is 5. The topological polar surface area (TPSA) is 88.7 Å². The van der Waals surface area contributed by atoms with Gasteiger partial charge >= 0.3 is 5.97 Å². The highest BCUT2D eigenvalue weighted by molar-refractivity contribution is 6.15. The molecule has 1 aromatic heterocycles. The number of hydrogen-bond acceptors (Lipinski definition) is 8. The second-order valence-electron chi connectivity index (χ2n) is 7.07. The third-order valence-electron chi connectivity index (χ3n) is 5.20. The molecule has 0 bridgehead atoms. The Hall–Kier alpha value is -4.46. The third kappa shape index (κ3) is 3.51. The summed E-state index contributed by atoms with van der Waals surface area (Å²) in [6.07, 6.45) is 3.23. The lowest BCUT2D eigenvalue weighted by atomic mass is 9.97. The average Bonchev–Trinajstić information content (AvgIpc) is 3.52. The Labute approximate surface area is 189 Å². The van der Waals surface area contributed by atoms with Gasteiger partial charge < -0.3 is 28.1 Å². The molecule has 33 heavy (non-hydrogen) atoms. The molecule has 0 radical (unpaired) electrons. The Balaban J connectivity index is 1.69. The molecule has 166 valence electrons. The zero-order chi connectivity index (χ0) is 22.9. The van der Waals surface area contributed by atoms with E-state index in [1.807, 2.05) is 24.3 Å². The number of esters is 1. The normalized spacial score (nSPS) is 16.9. The van der Waals surface area contributed by atoms with Crippen molar-refractivity contribution in [1.82, 2.24) is 0 Å². The molecule has 0 N–H and O–H groups in total. The van der Waals surface area contributed by atoms with E-state index >= 15 is 0 Å². The molecule has 2 aromatic carbocycles. The molecule has 8 heteroatoms. The van der Waals surface area contributed by atoms with Crippen molar-refractivity contribution in [2.75, 3.05) is 21.3 Å². The van der Waals surface area contributed by atoms with Crippen LogP contribution < -0.4 is 18.9 Å². The van der Waals surface area contributed by atoms with Crippen molar-refractivity contribution in [1.29, 1.82) is 0 Å². The molecule has 0 atom stereocenters. The summed E-state index contributed by atoms with van der Waals surface area (Å²) >= 11 is 0. The summed E-state index contributed by atoms with van der Waals surface area (Å²) < 4.78 is 33.2. The lowest BCUT2D eigenvalue weighted by Gasteiger charge is -2.22. The van der Waals surface area contributed by atoms with Crippen LogP contribution in [0.4, 0.5) is 0 Å². The van der Waals surface area contributed by atoms with Crippen LogP contribution in [-0.2, 0) is 9.53 Å². The Kier molecular flexibility index (Phi) is 5.10. The minimum Gasteiger partial charge on any atom is -0.493 e. The van der Waals surface area contributed by atoms with Crippen molar-refractivity contribution in [3.8, 4) is 23.0 Å². The van der Waals surface area contributed by atoms with Crippen molar-refractivity contribution < 1.29 is 32.9 Å². The number of benzene rings is 2. The number of carbonyl (C=O) groups excluding carboxylic acids is 1. The van der Waals surface area contributed by atoms with Gasteiger partial charge in [-0.2, -0.15) is 0 Å². The molecule has 0 unspecified atom stereocenters. The first-order chi connectivity index (χ1) is 16.1. The van der Waals surface area contributed by atoms with Gasteiger partial charge in [-0.15, -0.1) is 0 Å². The standard InChI is InChI=1S/C25H19NO7/c1-28-20-11-14(12-21(29-2)23(20)30-3)19-13-16(15-7-4-5-8-17(15)32-19)22-25(27)33-24(26-22)18-9-6-10-31-18/h4-13H,1-3H3. The molecule has 0 fully saturated rings. The fourth-order valence-electron chi connectivity index (χ4n) is 3.68. The number of allylic oxidation sites excluding steroid dienone is 2. The molecule has 2 aliphatic rings. The number of carbonyl (C=O) groups is 1. The molecule has 3 aromatic rings. The minimum atomic E-state index is -0.575. The number of cyclic esters (lactones) is 1. The largest absolute Gasteiger partial charge is 0.493 e. The van der Waals surface area contributed by atoms with E-state index in [4.69, 9.17) is 28.1 Å². The van der Waals surface area contributed by atoms with Crippen LogP contribution in [0.15, 0.2) is 76.0 Å². The minimum absolute atomic E-state index is 0.110. The highest BCUT2D eigenvalue weighted by Gasteiger charge is 2.32. The van der Waals surface area contributed by atoms with Gasteiger partial charge in [0.25, 0.3) is 5.90 Å². The van der Waals surface area contributed by atoms with E-state index in [2.05, 4.69) is 4.99 Å². The number of hydrogen-bond donors (Lipinski definition) is 0. The van der Waals surface area contributed by atoms with Crippen LogP contribution in [0.3, 0.4) is 0 Å². The van der Waals surface area contributed by atoms with Crippen LogP contribution in [0.25, 0.3) is 11.3 Å². The van der Waals surface area contributed by atoms with Gasteiger partial charge in [-0.1, -0.05) is 18.2 Å². The first-order valence-electron chi connectivity index (χ1n) is 10.0. The highest BCUT2D eigenvalue weighted by Crippen LogP contribution is 2.44. The maximum Gasteiger partial charge on any atom is 0.364 e. The van der Waals surface area contributed by atoms with Gasteiger partial charge in [0.05, 0.1) is 27.6 Å². The number of furan rings is 1. The van der Waals surface area contributed by atoms with Crippen LogP contribution in [0.1, 0.15) is 16.9 Å². The molecule has 3 heterocycles. The summed E-state index contributed by atoms with van der Waals surface area (Å²) in [4.78, 5) is 17.2. The number of methoxy groups -OCH3 is 3. The summed E-state index contributed by atoms with van der Waals surface area (Å²) in [5.41, 5.74) is 2.10. The molecule has 2 aliphatic heterocycles. The summed E-state index contributed by atoms with van der Waals surface area (Å²) in [6, 6.07) is 14.3. The van der Waals surface area contributed by atoms with E-state index in [0.29, 0.717) is 51.2 Å². The first-order valence-corrected chi connectivity index (χ1v) is 10.0. The highest BCUT2D eigenvalue weighted by atomic mass is 16.6. The Bertz CT molecular complexity index is 1310. The van der Waals surface area contributed by atoms with Crippen LogP contribution in [0, 0.1) is 0 Å². The lowest BCUT2D eigenvalue weighted by molar-refractivity contribution is -0.130. The summed E-state index contributed by atoms with van der Waals surface area (Å²) in [5.74, 6) is 2.36. The second kappa shape index (κ2) is 8.23. The van der Waals surface area contributed by atoms with E-state index < -0.39 is 5.97 Å². The van der Waals surface area contributed by atoms with Crippen molar-refractivity contribution in [2.24, 2.45) is 4.99 Å². The van der Waals surface area contributed by atoms with Gasteiger partial charge in [0.1, 0.15) is 11.5 Å². The first kappa shape index (κ1) is 20.4. The van der Waals surface area contributed by atoms with Crippen LogP contribution in [-0.4, -0.2) is 33.2 Å². The smallest absolute Gasteiger partial charge is 0.364 e. The molecular weight excluding hydrogens is 426 g/mol. The van der Waals surface area contributed by atoms with Gasteiger partial charge in [-0.3, -0.25) is 0 Å². The predicted octanol–water partition coefficient (Wildman–Crippen LogP) is 4.45. The molecule has 5 rings (SSSR count). The molecule has 0 saturated heterocycles. The maximum atomic E-state index is 12.8. The van der Waals surface area contributed by atoms with E-state index in [9.17, 15) is 4.79 Å². The Morgan fingerprint density at radius 2 is 1.64 bits per heavy atom. The van der Waals surface area contributed by atoms with Gasteiger partial charge in [0.2, 0.25) is 5.75 Å². The summed E-state index contributed by atoms with van der Waals surface area (Å²) in [7, 11) is 4.62. The van der Waals surface area contributed by atoms with Gasteiger partial charge in [0.15, 0.2) is 23.0 Å². The number of para-hydroxylation sites is 1. The Morgan fingerprint density at radius 1 is 0.879 bits per heavy atom. The monoisotopic (exact) mass is 445 g/mol. The molecule has 0 amide bonds. The molecular formula is C25H19NO7. The van der Waals surface area contributed by atoms with E-state index in [1.54, 1.807) is 44.6 Å². The van der Waals surface area contributed by atoms with Crippen molar-refractivity contribution in [3.05, 3.63) is 83.5 Å². The zero-order valence-corrected chi connectivity index (χ0v) is 18.1.